The first-order valence-corrected chi connectivity index (χ1v) is 7.66. The Bertz CT molecular complexity index is 427. The molecule has 9 heteroatoms. The van der Waals surface area contributed by atoms with E-state index in [1.165, 1.54) is 0 Å². The Labute approximate surface area is 141 Å². The molecule has 138 valence electrons. The van der Waals surface area contributed by atoms with Gasteiger partial charge in [-0.3, -0.25) is 9.59 Å². The number of imidazole rings is 1. The average Bonchev–Trinajstić information content (AvgIpc) is 3.03. The molecule has 1 unspecified atom stereocenters. The molecule has 0 amide bonds. The second-order valence-corrected chi connectivity index (χ2v) is 5.78. The van der Waals surface area contributed by atoms with Gasteiger partial charge in [-0.25, -0.2) is 4.98 Å². The van der Waals surface area contributed by atoms with E-state index in [-0.39, 0.29) is 12.9 Å². The molecule has 2 rings (SSSR count). The fourth-order valence-corrected chi connectivity index (χ4v) is 2.35. The Morgan fingerprint density at radius 1 is 1.29 bits per heavy atom. The highest BCUT2D eigenvalue weighted by Crippen LogP contribution is 2.20. The quantitative estimate of drug-likeness (QED) is 0.537. The summed E-state index contributed by atoms with van der Waals surface area (Å²) in [6, 6.07) is 0.336. The van der Waals surface area contributed by atoms with E-state index in [2.05, 4.69) is 33.7 Å². The number of likely N-dealkylation sites (tertiary alicyclic amines) is 1. The van der Waals surface area contributed by atoms with Crippen LogP contribution in [0.2, 0.25) is 0 Å². The van der Waals surface area contributed by atoms with Gasteiger partial charge in [-0.05, 0) is 26.8 Å². The van der Waals surface area contributed by atoms with E-state index in [0.29, 0.717) is 12.6 Å². The number of piperidine rings is 1. The lowest BCUT2D eigenvalue weighted by molar-refractivity contribution is -0.123. The van der Waals surface area contributed by atoms with Crippen LogP contribution in [0.1, 0.15) is 19.8 Å². The summed E-state index contributed by atoms with van der Waals surface area (Å²) in [5.74, 6) is 0. The Kier molecular flexibility index (Phi) is 11.4. The first-order valence-electron chi connectivity index (χ1n) is 7.66. The number of rotatable bonds is 5. The molecular formula is C15H28N4O5. The van der Waals surface area contributed by atoms with Crippen molar-refractivity contribution in [3.8, 4) is 0 Å². The predicted octanol–water partition coefficient (Wildman–Crippen LogP) is -0.280. The van der Waals surface area contributed by atoms with E-state index in [0.717, 1.165) is 32.5 Å². The highest BCUT2D eigenvalue weighted by molar-refractivity contribution is 5.33. The molecule has 1 aliphatic heterocycles. The largest absolute Gasteiger partial charge is 0.483 e. The number of carboxylic acid groups (broad SMARTS) is 2. The van der Waals surface area contributed by atoms with Crippen molar-refractivity contribution in [2.45, 2.75) is 38.0 Å². The van der Waals surface area contributed by atoms with Crippen LogP contribution < -0.4 is 5.32 Å². The van der Waals surface area contributed by atoms with Crippen molar-refractivity contribution >= 4 is 12.9 Å². The van der Waals surface area contributed by atoms with Crippen LogP contribution in [0, 0.1) is 0 Å². The van der Waals surface area contributed by atoms with Crippen molar-refractivity contribution < 1.29 is 24.9 Å². The minimum absolute atomic E-state index is 0.250. The molecule has 1 atom stereocenters. The topological polar surface area (TPSA) is 128 Å². The number of nitrogens with one attached hydrogen (secondary N) is 1. The van der Waals surface area contributed by atoms with Gasteiger partial charge in [0.2, 0.25) is 0 Å². The van der Waals surface area contributed by atoms with Gasteiger partial charge >= 0.3 is 0 Å². The second kappa shape index (κ2) is 12.5. The zero-order valence-electron chi connectivity index (χ0n) is 14.2. The second-order valence-electron chi connectivity index (χ2n) is 5.78. The molecule has 1 saturated heterocycles. The van der Waals surface area contributed by atoms with Crippen molar-refractivity contribution in [3.05, 3.63) is 18.7 Å². The van der Waals surface area contributed by atoms with Crippen molar-refractivity contribution in [2.24, 2.45) is 0 Å². The lowest BCUT2D eigenvalue weighted by Crippen LogP contribution is -2.50. The van der Waals surface area contributed by atoms with Crippen LogP contribution in [0.3, 0.4) is 0 Å². The summed E-state index contributed by atoms with van der Waals surface area (Å²) in [4.78, 5) is 23.0. The molecule has 1 fully saturated rings. The van der Waals surface area contributed by atoms with E-state index < -0.39 is 5.60 Å². The van der Waals surface area contributed by atoms with Crippen molar-refractivity contribution in [1.82, 2.24) is 19.8 Å². The number of carbonyl (C=O) groups is 2. The van der Waals surface area contributed by atoms with Gasteiger partial charge in [0.25, 0.3) is 12.9 Å². The third kappa shape index (κ3) is 9.93. The van der Waals surface area contributed by atoms with Crippen LogP contribution in [0.25, 0.3) is 0 Å². The minimum atomic E-state index is -0.532. The van der Waals surface area contributed by atoms with Gasteiger partial charge in [-0.2, -0.15) is 0 Å². The molecule has 0 radical (unpaired) electrons. The van der Waals surface area contributed by atoms with Crippen molar-refractivity contribution in [1.29, 1.82) is 0 Å². The summed E-state index contributed by atoms with van der Waals surface area (Å²) >= 11 is 0. The Morgan fingerprint density at radius 3 is 2.29 bits per heavy atom. The van der Waals surface area contributed by atoms with Gasteiger partial charge in [0, 0.05) is 44.6 Å². The third-order valence-electron chi connectivity index (χ3n) is 3.74. The average molecular weight is 344 g/mol. The number of aliphatic hydroxyl groups is 1. The smallest absolute Gasteiger partial charge is 0.290 e. The van der Waals surface area contributed by atoms with E-state index in [1.54, 1.807) is 6.20 Å². The van der Waals surface area contributed by atoms with Gasteiger partial charge < -0.3 is 30.1 Å². The number of hydrogen-bond donors (Lipinski definition) is 4. The molecule has 4 N–H and O–H groups in total. The molecule has 0 spiro atoms. The van der Waals surface area contributed by atoms with Gasteiger partial charge in [-0.15, -0.1) is 0 Å². The van der Waals surface area contributed by atoms with E-state index in [4.69, 9.17) is 19.8 Å². The Balaban J connectivity index is 0.000000772. The van der Waals surface area contributed by atoms with Crippen LogP contribution in [0.15, 0.2) is 18.7 Å². The third-order valence-corrected chi connectivity index (χ3v) is 3.74. The zero-order valence-corrected chi connectivity index (χ0v) is 14.2. The minimum Gasteiger partial charge on any atom is -0.483 e. The first-order chi connectivity index (χ1) is 11.4. The van der Waals surface area contributed by atoms with Crippen LogP contribution in [-0.4, -0.2) is 81.0 Å². The van der Waals surface area contributed by atoms with E-state index in [1.807, 2.05) is 12.5 Å². The molecule has 1 aromatic heterocycles. The maximum absolute atomic E-state index is 10.5. The van der Waals surface area contributed by atoms with Crippen LogP contribution in [-0.2, 0) is 16.1 Å². The maximum atomic E-state index is 10.5. The molecule has 0 aromatic carbocycles. The normalized spacial score (nSPS) is 17.5. The van der Waals surface area contributed by atoms with Crippen molar-refractivity contribution in [2.75, 3.05) is 26.7 Å². The summed E-state index contributed by atoms with van der Waals surface area (Å²) in [6.07, 6.45) is 7.28. The molecule has 0 bridgehead atoms. The van der Waals surface area contributed by atoms with Crippen molar-refractivity contribution in [3.63, 3.8) is 0 Å². The maximum Gasteiger partial charge on any atom is 0.290 e. The lowest BCUT2D eigenvalue weighted by atomic mass is 9.91. The fourth-order valence-electron chi connectivity index (χ4n) is 2.35. The SMILES string of the molecule is CC(Cn1ccnc1)NCC1(O)CCN(C)CC1.O=CO.O=CO. The Morgan fingerprint density at radius 2 is 1.83 bits per heavy atom. The van der Waals surface area contributed by atoms with E-state index >= 15 is 0 Å². The molecule has 9 nitrogen and oxygen atoms in total. The first kappa shape index (κ1) is 22.0. The predicted molar refractivity (Wildman–Crippen MR) is 88.8 cm³/mol. The monoisotopic (exact) mass is 344 g/mol. The zero-order chi connectivity index (χ0) is 18.4. The van der Waals surface area contributed by atoms with Crippen LogP contribution in [0.4, 0.5) is 0 Å². The summed E-state index contributed by atoms with van der Waals surface area (Å²) in [6.45, 7) is 5.16. The molecule has 1 aromatic rings. The van der Waals surface area contributed by atoms with Gasteiger partial charge in [0.15, 0.2) is 0 Å². The highest BCUT2D eigenvalue weighted by atomic mass is 16.3. The van der Waals surface area contributed by atoms with E-state index in [9.17, 15) is 5.11 Å². The fraction of sp³-hybridized carbons (Fsp3) is 0.667. The summed E-state index contributed by atoms with van der Waals surface area (Å²) in [5, 5.41) is 27.7. The highest BCUT2D eigenvalue weighted by Gasteiger charge is 2.30. The molecule has 1 aliphatic rings. The Hall–Kier alpha value is -1.97. The van der Waals surface area contributed by atoms with Crippen LogP contribution in [0.5, 0.6) is 0 Å². The number of nitrogens with zero attached hydrogens (tertiary/aromatic N) is 3. The summed E-state index contributed by atoms with van der Waals surface area (Å²) in [7, 11) is 2.11. The molecule has 24 heavy (non-hydrogen) atoms. The molecular weight excluding hydrogens is 316 g/mol. The van der Waals surface area contributed by atoms with Gasteiger partial charge in [0.05, 0.1) is 11.9 Å². The van der Waals surface area contributed by atoms with Crippen LogP contribution >= 0.6 is 0 Å². The summed E-state index contributed by atoms with van der Waals surface area (Å²) in [5.41, 5.74) is -0.532. The summed E-state index contributed by atoms with van der Waals surface area (Å²) < 4.78 is 2.05. The molecule has 0 aliphatic carbocycles. The molecule has 0 saturated carbocycles. The van der Waals surface area contributed by atoms with Gasteiger partial charge in [0.1, 0.15) is 0 Å². The lowest BCUT2D eigenvalue weighted by Gasteiger charge is -2.37. The number of hydrogen-bond acceptors (Lipinski definition) is 6. The number of aromatic nitrogens is 2. The standard InChI is InChI=1S/C13H24N4O.2CH2O2/c1-12(9-17-8-5-14-11-17)15-10-13(18)3-6-16(2)7-4-13;2*2-1-3/h5,8,11-12,15,18H,3-4,6-7,9-10H2,1-2H3;2*1H,(H,2,3). The molecule has 2 heterocycles. The van der Waals surface area contributed by atoms with Gasteiger partial charge in [-0.1, -0.05) is 0 Å².